The molecule has 0 fully saturated rings. The minimum absolute atomic E-state index is 0. The van der Waals surface area contributed by atoms with Crippen molar-refractivity contribution >= 4 is 115 Å². The Morgan fingerprint density at radius 2 is 0.683 bits per heavy atom. The molecule has 3 radical (unpaired) electrons. The first-order valence-electron chi connectivity index (χ1n) is 42.7. The van der Waals surface area contributed by atoms with E-state index in [9.17, 15) is 0 Å². The maximum Gasteiger partial charge on any atom is 0.123 e. The van der Waals surface area contributed by atoms with Gasteiger partial charge in [0, 0.05) is 113 Å². The van der Waals surface area contributed by atoms with Crippen molar-refractivity contribution in [3.05, 3.63) is 375 Å². The predicted molar refractivity (Wildman–Crippen MR) is 530 cm³/mol. The number of para-hydroxylation sites is 3. The van der Waals surface area contributed by atoms with Crippen LogP contribution in [0.2, 0.25) is 58.9 Å². The minimum Gasteiger partial charge on any atom is -0.476 e. The molecule has 9 aromatic heterocycles. The van der Waals surface area contributed by atoms with Crippen LogP contribution in [-0.2, 0) is 79.6 Å². The number of hydrogen-bond acceptors (Lipinski definition) is 8. The fourth-order valence-electron chi connectivity index (χ4n) is 15.5. The number of furan rings is 1. The number of rotatable bonds is 16. The number of hydrogen-bond donors (Lipinski definition) is 0. The van der Waals surface area contributed by atoms with E-state index in [0.717, 1.165) is 109 Å². The van der Waals surface area contributed by atoms with Crippen molar-refractivity contribution < 1.29 is 64.7 Å². The van der Waals surface area contributed by atoms with Crippen LogP contribution in [0.1, 0.15) is 58.2 Å². The van der Waals surface area contributed by atoms with Crippen molar-refractivity contribution in [2.24, 2.45) is 17.8 Å². The number of nitrogens with zero attached hydrogens (tertiary/aromatic N) is 7. The van der Waals surface area contributed by atoms with Crippen molar-refractivity contribution in [2.45, 2.75) is 120 Å². The zero-order valence-electron chi connectivity index (χ0n) is 74.4. The molecule has 19 aromatic rings. The van der Waals surface area contributed by atoms with Crippen molar-refractivity contribution in [3.63, 3.8) is 0 Å². The SMILES string of the molecule is CC(C)Cc1cc(-c2[c-]cc3c(c2)oc2ccccc23)ncc1[Si](C)(C)C.CC(C)Cc1cc(-c2[c-]cc3c(c2)sc2ccccc23)ncc1[Si](C)(C)C.CC(C)Cc1cc(-c2[c-]cc3c4ccccc4n(-c4ccccc4)c3c2)ncc1[Si](C)(C)C.[Ir].[Ir].[Ir].[c-]1ccccc1-c1ccccn1.[c-]1ccccc1-c1ccccn1.[c-]1ccccc1-c1ccccn1. The van der Waals surface area contributed by atoms with Gasteiger partial charge in [-0.1, -0.05) is 267 Å². The van der Waals surface area contributed by atoms with Gasteiger partial charge in [0.05, 0.1) is 29.8 Å². The smallest absolute Gasteiger partial charge is 0.123 e. The summed E-state index contributed by atoms with van der Waals surface area (Å²) in [6.45, 7) is 35.3. The van der Waals surface area contributed by atoms with Gasteiger partial charge in [-0.2, -0.15) is 11.3 Å². The van der Waals surface area contributed by atoms with Gasteiger partial charge in [0.1, 0.15) is 5.58 Å². The Bertz CT molecular complexity index is 6230. The summed E-state index contributed by atoms with van der Waals surface area (Å²) in [6.07, 6.45) is 15.0. The molecular formula is C111H107Ir3N7OSSi3-6. The largest absolute Gasteiger partial charge is 0.476 e. The number of fused-ring (bicyclic) bond motifs is 9. The summed E-state index contributed by atoms with van der Waals surface area (Å²) in [5.41, 5.74) is 22.0. The monoisotopic (exact) mass is 2250 g/mol. The van der Waals surface area contributed by atoms with Gasteiger partial charge in [-0.15, -0.1) is 173 Å². The summed E-state index contributed by atoms with van der Waals surface area (Å²) in [6, 6.07) is 117. The molecule has 0 saturated heterocycles. The second-order valence-electron chi connectivity index (χ2n) is 35.5. The standard InChI is InChI=1S/C30H31N2Si.C24H26NOSi.C24H26NSSi.3C11H8N.3Ir/c1-21(2)17-23-18-27(31-20-30(23)33(3,4)5)22-15-16-26-25-13-9-10-14-28(25)32(29(26)19-22)24-11-7-6-8-12-24;2*1-16(2)12-18-13-21(25-15-24(18)27(3,4)5)17-10-11-20-19-8-6-7-9-22(19)26-23(20)14-17;3*1-2-6-10(7-3-1)11-8-4-5-9-12-11;;;/h6-14,16,18-21H,17H2,1-5H3;2*6-9,11,13-16H,12H2,1-5H3;3*1-6,8-9H;;;/q6*-1;;;. The fraction of sp³-hybridized carbons (Fsp3) is 0.189. The van der Waals surface area contributed by atoms with Gasteiger partial charge >= 0.3 is 0 Å². The minimum atomic E-state index is -1.46. The van der Waals surface area contributed by atoms with E-state index in [1.165, 1.54) is 79.9 Å². The van der Waals surface area contributed by atoms with E-state index >= 15 is 0 Å². The Balaban J connectivity index is 0.000000153. The summed E-state index contributed by atoms with van der Waals surface area (Å²) >= 11 is 1.85. The van der Waals surface area contributed by atoms with Crippen LogP contribution < -0.4 is 15.6 Å². The summed E-state index contributed by atoms with van der Waals surface area (Å²) in [5.74, 6) is 1.88. The summed E-state index contributed by atoms with van der Waals surface area (Å²) < 4.78 is 11.0. The van der Waals surface area contributed by atoms with Gasteiger partial charge in [0.25, 0.3) is 0 Å². The van der Waals surface area contributed by atoms with Gasteiger partial charge in [-0.25, -0.2) is 0 Å². The van der Waals surface area contributed by atoms with Crippen LogP contribution in [0.25, 0.3) is 137 Å². The van der Waals surface area contributed by atoms with Crippen LogP contribution in [-0.4, -0.2) is 58.7 Å². The van der Waals surface area contributed by atoms with Crippen LogP contribution in [0.15, 0.2) is 327 Å². The van der Waals surface area contributed by atoms with Crippen molar-refractivity contribution in [1.29, 1.82) is 0 Å². The van der Waals surface area contributed by atoms with Gasteiger partial charge in [-0.05, 0) is 162 Å². The van der Waals surface area contributed by atoms with E-state index in [-0.39, 0.29) is 60.3 Å². The molecule has 643 valence electrons. The molecule has 10 aromatic carbocycles. The molecule has 0 unspecified atom stereocenters. The first-order valence-corrected chi connectivity index (χ1v) is 54.0. The number of pyridine rings is 6. The molecule has 0 saturated carbocycles. The van der Waals surface area contributed by atoms with Crippen molar-refractivity contribution in [3.8, 4) is 73.2 Å². The normalized spacial score (nSPS) is 11.3. The second-order valence-corrected chi connectivity index (χ2v) is 51.7. The number of benzene rings is 10. The quantitative estimate of drug-likeness (QED) is 0.0702. The zero-order valence-corrected chi connectivity index (χ0v) is 85.4. The molecule has 15 heteroatoms. The van der Waals surface area contributed by atoms with Crippen LogP contribution >= 0.6 is 11.3 Å². The maximum atomic E-state index is 6.05. The third-order valence-electron chi connectivity index (χ3n) is 21.3. The van der Waals surface area contributed by atoms with Crippen LogP contribution in [0.3, 0.4) is 0 Å². The first-order chi connectivity index (χ1) is 59.4. The average Bonchev–Trinajstić information content (AvgIpc) is 1.58. The van der Waals surface area contributed by atoms with E-state index in [1.54, 1.807) is 18.6 Å². The van der Waals surface area contributed by atoms with Crippen LogP contribution in [0, 0.1) is 54.2 Å². The molecule has 0 aliphatic heterocycles. The Morgan fingerprint density at radius 3 is 1.11 bits per heavy atom. The van der Waals surface area contributed by atoms with E-state index in [4.69, 9.17) is 19.4 Å². The maximum absolute atomic E-state index is 6.05. The molecule has 19 rings (SSSR count). The van der Waals surface area contributed by atoms with Crippen LogP contribution in [0.4, 0.5) is 0 Å². The van der Waals surface area contributed by atoms with Crippen LogP contribution in [0.5, 0.6) is 0 Å². The first kappa shape index (κ1) is 96.2. The Hall–Kier alpha value is -10.5. The summed E-state index contributed by atoms with van der Waals surface area (Å²) in [5, 5.41) is 11.8. The molecule has 0 amide bonds. The summed E-state index contributed by atoms with van der Waals surface area (Å²) in [7, 11) is -4.30. The third-order valence-corrected chi connectivity index (χ3v) is 28.6. The molecule has 0 aliphatic rings. The van der Waals surface area contributed by atoms with Gasteiger partial charge in [0.15, 0.2) is 0 Å². The van der Waals surface area contributed by atoms with Gasteiger partial charge in [-0.3, -0.25) is 0 Å². The van der Waals surface area contributed by atoms with Crippen molar-refractivity contribution in [1.82, 2.24) is 34.5 Å². The Morgan fingerprint density at radius 1 is 0.302 bits per heavy atom. The second kappa shape index (κ2) is 44.3. The van der Waals surface area contributed by atoms with E-state index in [2.05, 4.69) is 308 Å². The van der Waals surface area contributed by atoms with Gasteiger partial charge < -0.3 is 38.9 Å². The van der Waals surface area contributed by atoms with E-state index in [1.807, 2.05) is 163 Å². The molecule has 8 nitrogen and oxygen atoms in total. The molecule has 0 bridgehead atoms. The third kappa shape index (κ3) is 24.4. The number of thiophene rings is 1. The molecule has 126 heavy (non-hydrogen) atoms. The summed E-state index contributed by atoms with van der Waals surface area (Å²) in [4.78, 5) is 27.3. The fourth-order valence-corrected chi connectivity index (χ4v) is 21.4. The molecule has 0 spiro atoms. The molecule has 0 N–H and O–H groups in total. The topological polar surface area (TPSA) is 95.4 Å². The number of aromatic nitrogens is 7. The molecule has 0 aliphatic carbocycles. The van der Waals surface area contributed by atoms with Crippen molar-refractivity contribution in [2.75, 3.05) is 0 Å². The molecular weight excluding hydrogens is 2140 g/mol. The molecule has 0 atom stereocenters. The Kier molecular flexibility index (Phi) is 33.8. The van der Waals surface area contributed by atoms with Gasteiger partial charge in [0.2, 0.25) is 0 Å². The zero-order chi connectivity index (χ0) is 86.2. The Labute approximate surface area is 793 Å². The van der Waals surface area contributed by atoms with E-state index < -0.39 is 24.2 Å². The van der Waals surface area contributed by atoms with E-state index in [0.29, 0.717) is 17.8 Å². The average molecular weight is 2250 g/mol. The molecule has 9 heterocycles. The predicted octanol–water partition coefficient (Wildman–Crippen LogP) is 27.9.